The molecule has 2 N–H and O–H groups in total. The molecule has 8 nitrogen and oxygen atoms in total. The summed E-state index contributed by atoms with van der Waals surface area (Å²) in [5.41, 5.74) is 0. The topological polar surface area (TPSA) is 111 Å². The van der Waals surface area contributed by atoms with Crippen LogP contribution in [0.5, 0.6) is 0 Å². The van der Waals surface area contributed by atoms with Gasteiger partial charge in [-0.25, -0.2) is 4.79 Å². The summed E-state index contributed by atoms with van der Waals surface area (Å²) in [4.78, 5) is 44.1. The Hall–Kier alpha value is -2.12. The molecule has 0 radical (unpaired) electrons. The van der Waals surface area contributed by atoms with Crippen molar-refractivity contribution < 1.29 is 28.7 Å². The Bertz CT molecular complexity index is 530. The molecule has 2 amide bonds. The van der Waals surface area contributed by atoms with E-state index in [2.05, 4.69) is 17.6 Å². The third kappa shape index (κ3) is 24.8. The minimum Gasteiger partial charge on any atom is -0.463 e. The van der Waals surface area contributed by atoms with Crippen LogP contribution in [0.3, 0.4) is 0 Å². The molecule has 0 saturated heterocycles. The number of unbranched alkanes of at least 4 members (excludes halogenated alkanes) is 15. The highest BCUT2D eigenvalue weighted by atomic mass is 16.6. The zero-order valence-electron chi connectivity index (χ0n) is 22.0. The summed E-state index contributed by atoms with van der Waals surface area (Å²) in [6, 6.07) is -0.631. The highest BCUT2D eigenvalue weighted by Gasteiger charge is 2.14. The Morgan fingerprint density at radius 3 is 1.69 bits per heavy atom. The van der Waals surface area contributed by atoms with E-state index in [1.54, 1.807) is 0 Å². The number of carbonyl (C=O) groups excluding carboxylic acids is 4. The van der Waals surface area contributed by atoms with Gasteiger partial charge >= 0.3 is 12.1 Å². The number of nitrogens with one attached hydrogen (secondary N) is 2. The molecule has 0 aliphatic rings. The second-order valence-corrected chi connectivity index (χ2v) is 9.20. The molecule has 0 aliphatic heterocycles. The lowest BCUT2D eigenvalue weighted by Gasteiger charge is -2.16. The van der Waals surface area contributed by atoms with Crippen molar-refractivity contribution in [3.8, 4) is 0 Å². The van der Waals surface area contributed by atoms with Crippen LogP contribution in [0.4, 0.5) is 4.79 Å². The summed E-state index contributed by atoms with van der Waals surface area (Å²) in [7, 11) is 0. The average molecular weight is 499 g/mol. The first kappa shape index (κ1) is 32.9. The van der Waals surface area contributed by atoms with E-state index >= 15 is 0 Å². The predicted octanol–water partition coefficient (Wildman–Crippen LogP) is 5.61. The Labute approximate surface area is 212 Å². The first-order chi connectivity index (χ1) is 17.1. The molecule has 0 fully saturated rings. The van der Waals surface area contributed by atoms with Crippen molar-refractivity contribution >= 4 is 24.8 Å². The molecule has 0 saturated carbocycles. The first-order valence-electron chi connectivity index (χ1n) is 13.8. The maximum absolute atomic E-state index is 11.8. The van der Waals surface area contributed by atoms with E-state index in [4.69, 9.17) is 9.47 Å². The minimum absolute atomic E-state index is 0.0159. The largest absolute Gasteiger partial charge is 0.463 e. The van der Waals surface area contributed by atoms with E-state index < -0.39 is 18.1 Å². The van der Waals surface area contributed by atoms with Crippen molar-refractivity contribution in [3.63, 3.8) is 0 Å². The van der Waals surface area contributed by atoms with Gasteiger partial charge in [-0.05, 0) is 6.42 Å². The summed E-state index contributed by atoms with van der Waals surface area (Å²) in [6.07, 6.45) is 21.4. The fourth-order valence-corrected chi connectivity index (χ4v) is 3.77. The Morgan fingerprint density at radius 2 is 1.20 bits per heavy atom. The summed E-state index contributed by atoms with van der Waals surface area (Å²) in [5.74, 6) is -0.539. The monoisotopic (exact) mass is 498 g/mol. The van der Waals surface area contributed by atoms with Crippen LogP contribution in [-0.2, 0) is 23.9 Å². The van der Waals surface area contributed by atoms with Crippen LogP contribution in [-0.4, -0.2) is 50.6 Å². The Kier molecular flexibility index (Phi) is 24.9. The van der Waals surface area contributed by atoms with Crippen molar-refractivity contribution in [3.05, 3.63) is 0 Å². The number of hydrogen-bond acceptors (Lipinski definition) is 6. The molecule has 0 aromatic carbocycles. The third-order valence-corrected chi connectivity index (χ3v) is 5.93. The summed E-state index contributed by atoms with van der Waals surface area (Å²) < 4.78 is 10.0. The van der Waals surface area contributed by atoms with Crippen LogP contribution < -0.4 is 10.6 Å². The van der Waals surface area contributed by atoms with E-state index in [9.17, 15) is 19.2 Å². The quantitative estimate of drug-likeness (QED) is 0.0911. The van der Waals surface area contributed by atoms with Crippen LogP contribution in [0.2, 0.25) is 0 Å². The number of hydrogen-bond donors (Lipinski definition) is 2. The van der Waals surface area contributed by atoms with E-state index in [1.807, 2.05) is 0 Å². The van der Waals surface area contributed by atoms with Crippen LogP contribution >= 0.6 is 0 Å². The summed E-state index contributed by atoms with van der Waals surface area (Å²) in [5, 5.41) is 5.14. The molecule has 0 aromatic rings. The molecule has 0 aromatic heterocycles. The molecule has 0 rings (SSSR count). The van der Waals surface area contributed by atoms with Gasteiger partial charge in [0.2, 0.25) is 6.41 Å². The fraction of sp³-hybridized carbons (Fsp3) is 0.852. The zero-order chi connectivity index (χ0) is 25.8. The zero-order valence-corrected chi connectivity index (χ0v) is 22.0. The molecule has 0 aliphatic carbocycles. The van der Waals surface area contributed by atoms with Gasteiger partial charge in [-0.1, -0.05) is 103 Å². The standard InChI is InChI=1S/C27H50N2O6/c1-2-3-4-5-6-7-8-9-10-11-12-13-14-15-16-17-20-28-27(33)35-23-25(29-24-31)22-34-26(32)19-18-21-30/h21,24-25H,2-20,22-23H2,1H3,(H,28,33)(H,29,31). The van der Waals surface area contributed by atoms with Crippen molar-refractivity contribution in [2.45, 2.75) is 129 Å². The highest BCUT2D eigenvalue weighted by Crippen LogP contribution is 2.13. The lowest BCUT2D eigenvalue weighted by Crippen LogP contribution is -2.39. The summed E-state index contributed by atoms with van der Waals surface area (Å²) in [6.45, 7) is 2.58. The van der Waals surface area contributed by atoms with Crippen LogP contribution in [0.1, 0.15) is 122 Å². The van der Waals surface area contributed by atoms with Crippen molar-refractivity contribution in [1.29, 1.82) is 0 Å². The smallest absolute Gasteiger partial charge is 0.407 e. The number of alkyl carbamates (subject to hydrolysis) is 1. The van der Waals surface area contributed by atoms with E-state index in [0.717, 1.165) is 12.8 Å². The van der Waals surface area contributed by atoms with Gasteiger partial charge in [0.05, 0.1) is 12.5 Å². The van der Waals surface area contributed by atoms with Gasteiger partial charge in [0.15, 0.2) is 0 Å². The molecular formula is C27H50N2O6. The van der Waals surface area contributed by atoms with Gasteiger partial charge in [0.1, 0.15) is 19.5 Å². The number of aldehydes is 1. The number of carbonyl (C=O) groups is 4. The molecule has 1 atom stereocenters. The molecule has 8 heteroatoms. The molecule has 1 unspecified atom stereocenters. The van der Waals surface area contributed by atoms with Gasteiger partial charge in [-0.15, -0.1) is 0 Å². The molecule has 0 bridgehead atoms. The van der Waals surface area contributed by atoms with E-state index in [-0.39, 0.29) is 26.1 Å². The molecular weight excluding hydrogens is 448 g/mol. The lowest BCUT2D eigenvalue weighted by molar-refractivity contribution is -0.145. The average Bonchev–Trinajstić information content (AvgIpc) is 2.86. The second-order valence-electron chi connectivity index (χ2n) is 9.20. The fourth-order valence-electron chi connectivity index (χ4n) is 3.77. The van der Waals surface area contributed by atoms with Gasteiger partial charge < -0.3 is 24.9 Å². The van der Waals surface area contributed by atoms with Crippen molar-refractivity contribution in [2.24, 2.45) is 0 Å². The summed E-state index contributed by atoms with van der Waals surface area (Å²) >= 11 is 0. The highest BCUT2D eigenvalue weighted by molar-refractivity contribution is 5.72. The Balaban J connectivity index is 3.50. The minimum atomic E-state index is -0.631. The van der Waals surface area contributed by atoms with Gasteiger partial charge in [0.25, 0.3) is 0 Å². The maximum Gasteiger partial charge on any atom is 0.407 e. The van der Waals surface area contributed by atoms with E-state index in [0.29, 0.717) is 19.2 Å². The molecule has 0 spiro atoms. The lowest BCUT2D eigenvalue weighted by atomic mass is 10.0. The number of ether oxygens (including phenoxy) is 2. The van der Waals surface area contributed by atoms with Crippen molar-refractivity contribution in [1.82, 2.24) is 10.6 Å². The van der Waals surface area contributed by atoms with E-state index in [1.165, 1.54) is 89.9 Å². The maximum atomic E-state index is 11.8. The number of amides is 2. The van der Waals surface area contributed by atoms with Gasteiger partial charge in [0, 0.05) is 13.0 Å². The first-order valence-corrected chi connectivity index (χ1v) is 13.8. The van der Waals surface area contributed by atoms with Gasteiger partial charge in [-0.2, -0.15) is 0 Å². The number of esters is 1. The van der Waals surface area contributed by atoms with Crippen LogP contribution in [0.25, 0.3) is 0 Å². The van der Waals surface area contributed by atoms with Gasteiger partial charge in [-0.3, -0.25) is 9.59 Å². The van der Waals surface area contributed by atoms with Crippen molar-refractivity contribution in [2.75, 3.05) is 19.8 Å². The normalized spacial score (nSPS) is 11.5. The SMILES string of the molecule is CCCCCCCCCCCCCCCCCCNC(=O)OCC(COC(=O)CCC=O)NC=O. The third-order valence-electron chi connectivity index (χ3n) is 5.93. The Morgan fingerprint density at radius 1 is 0.714 bits per heavy atom. The molecule has 0 heterocycles. The van der Waals surface area contributed by atoms with Crippen LogP contribution in [0, 0.1) is 0 Å². The molecule has 204 valence electrons. The molecule has 35 heavy (non-hydrogen) atoms. The van der Waals surface area contributed by atoms with Crippen LogP contribution in [0.15, 0.2) is 0 Å². The second kappa shape index (κ2) is 26.5. The predicted molar refractivity (Wildman–Crippen MR) is 138 cm³/mol. The number of rotatable bonds is 26.